The van der Waals surface area contributed by atoms with E-state index in [1.165, 1.54) is 31.3 Å². The maximum Gasteiger partial charge on any atom is 0.316 e. The molecule has 4 amide bonds. The Morgan fingerprint density at radius 3 is 2.44 bits per heavy atom. The number of imide groups is 2. The van der Waals surface area contributed by atoms with Crippen LogP contribution < -0.4 is 14.8 Å². The fourth-order valence-electron chi connectivity index (χ4n) is 10.1. The number of nitrogens with zero attached hydrogens (tertiary/aromatic N) is 7. The zero-order valence-electron chi connectivity index (χ0n) is 33.4. The van der Waals surface area contributed by atoms with Crippen LogP contribution in [0.3, 0.4) is 0 Å². The van der Waals surface area contributed by atoms with Gasteiger partial charge in [0.05, 0.1) is 23.3 Å². The molecule has 10 rings (SSSR count). The molecule has 1 unspecified atom stereocenters. The second kappa shape index (κ2) is 14.8. The molecule has 4 fully saturated rings. The first-order valence-corrected chi connectivity index (χ1v) is 20.9. The highest BCUT2D eigenvalue weighted by atomic mass is 16.5. The van der Waals surface area contributed by atoms with E-state index < -0.39 is 29.7 Å². The third kappa shape index (κ3) is 6.81. The maximum absolute atomic E-state index is 13.1. The van der Waals surface area contributed by atoms with Gasteiger partial charge in [-0.1, -0.05) is 12.1 Å². The van der Waals surface area contributed by atoms with Crippen LogP contribution in [0.1, 0.15) is 78.5 Å². The highest BCUT2D eigenvalue weighted by Crippen LogP contribution is 2.51. The summed E-state index contributed by atoms with van der Waals surface area (Å²) >= 11 is 0. The van der Waals surface area contributed by atoms with Gasteiger partial charge < -0.3 is 23.8 Å². The largest absolute Gasteiger partial charge is 0.494 e. The van der Waals surface area contributed by atoms with E-state index >= 15 is 0 Å². The minimum Gasteiger partial charge on any atom is -0.494 e. The molecule has 3 aromatic heterocycles. The number of carbonyl (C=O) groups is 4. The summed E-state index contributed by atoms with van der Waals surface area (Å²) in [5.74, 6) is -1.52. The summed E-state index contributed by atoms with van der Waals surface area (Å²) in [5.41, 5.74) is 5.31. The number of hydrogen-bond donors (Lipinski definition) is 1. The summed E-state index contributed by atoms with van der Waals surface area (Å²) in [4.78, 5) is 69.5. The predicted octanol–water partition coefficient (Wildman–Crippen LogP) is 5.14. The monoisotopic (exact) mass is 796 g/mol. The minimum absolute atomic E-state index is 0.0910. The maximum atomic E-state index is 13.1. The standard InChI is InChI=1S/C45H48N8O6/c1-50(29-17-32(18-29)59-44-47-22-28(23-48-44)27-6-8-33-36-24-46-13-12-37(36)51(2)39(33)16-27)30-20-45(21-30)25-52(26-45)14-4-3-5-15-58-31-7-9-34-35(19-31)43(57)53(42(34)56)38-10-11-40(54)49-41(38)55/h6-9,12-13,16,19,22-24,29-30,32,38H,3-5,10-11,14-15,17-18,20-21,25-26H2,1-2H3,(H,49,54,55). The number of aromatic nitrogens is 4. The highest BCUT2D eigenvalue weighted by molar-refractivity contribution is 6.23. The number of unbranched alkanes of at least 4 members (excludes halogenated alkanes) is 2. The minimum atomic E-state index is -0.976. The molecule has 1 spiro atoms. The third-order valence-corrected chi connectivity index (χ3v) is 13.5. The number of rotatable bonds is 13. The van der Waals surface area contributed by atoms with Crippen LogP contribution in [-0.4, -0.2) is 115 Å². The molecule has 304 valence electrons. The van der Waals surface area contributed by atoms with E-state index in [4.69, 9.17) is 9.47 Å². The average molecular weight is 797 g/mol. The Balaban J connectivity index is 0.608. The van der Waals surface area contributed by atoms with Crippen LogP contribution in [0.5, 0.6) is 11.8 Å². The van der Waals surface area contributed by atoms with Crippen LogP contribution in [0.25, 0.3) is 32.9 Å². The van der Waals surface area contributed by atoms with Gasteiger partial charge in [-0.25, -0.2) is 9.97 Å². The number of amides is 4. The number of pyridine rings is 1. The smallest absolute Gasteiger partial charge is 0.316 e. The molecule has 0 radical (unpaired) electrons. The first kappa shape index (κ1) is 37.5. The van der Waals surface area contributed by atoms with Crippen LogP contribution in [0.4, 0.5) is 0 Å². The van der Waals surface area contributed by atoms with Crippen molar-refractivity contribution in [2.45, 2.75) is 82.0 Å². The van der Waals surface area contributed by atoms with Gasteiger partial charge in [0.1, 0.15) is 17.9 Å². The molecule has 3 aliphatic heterocycles. The molecular formula is C45H48N8O6. The fourth-order valence-corrected chi connectivity index (χ4v) is 10.1. The molecule has 59 heavy (non-hydrogen) atoms. The average Bonchev–Trinajstić information content (AvgIpc) is 3.62. The first-order chi connectivity index (χ1) is 28.6. The van der Waals surface area contributed by atoms with Gasteiger partial charge in [-0.2, -0.15) is 0 Å². The van der Waals surface area contributed by atoms with Crippen molar-refractivity contribution in [2.24, 2.45) is 12.5 Å². The van der Waals surface area contributed by atoms with Crippen molar-refractivity contribution in [3.8, 4) is 22.9 Å². The van der Waals surface area contributed by atoms with Crippen molar-refractivity contribution in [3.05, 3.63) is 78.4 Å². The molecule has 2 aliphatic carbocycles. The molecule has 14 heteroatoms. The molecule has 1 N–H and O–H groups in total. The second-order valence-electron chi connectivity index (χ2n) is 17.3. The zero-order chi connectivity index (χ0) is 40.4. The lowest BCUT2D eigenvalue weighted by atomic mass is 9.59. The van der Waals surface area contributed by atoms with Gasteiger partial charge in [-0.05, 0) is 93.4 Å². The molecule has 6 heterocycles. The van der Waals surface area contributed by atoms with E-state index in [0.717, 1.165) is 71.1 Å². The topological polar surface area (TPSA) is 152 Å². The van der Waals surface area contributed by atoms with Gasteiger partial charge >= 0.3 is 6.01 Å². The highest BCUT2D eigenvalue weighted by Gasteiger charge is 2.54. The Hall–Kier alpha value is -5.73. The first-order valence-electron chi connectivity index (χ1n) is 20.9. The molecule has 5 aliphatic rings. The van der Waals surface area contributed by atoms with Gasteiger partial charge in [0.15, 0.2) is 0 Å². The zero-order valence-corrected chi connectivity index (χ0v) is 33.4. The summed E-state index contributed by atoms with van der Waals surface area (Å²) in [6.45, 7) is 3.98. The predicted molar refractivity (Wildman–Crippen MR) is 219 cm³/mol. The van der Waals surface area contributed by atoms with Crippen molar-refractivity contribution >= 4 is 45.4 Å². The number of aryl methyl sites for hydroxylation is 1. The third-order valence-electron chi connectivity index (χ3n) is 13.5. The summed E-state index contributed by atoms with van der Waals surface area (Å²) < 4.78 is 14.3. The molecule has 0 bridgehead atoms. The molecule has 14 nitrogen and oxygen atoms in total. The van der Waals surface area contributed by atoms with Crippen molar-refractivity contribution in [1.82, 2.24) is 39.5 Å². The molecule has 2 aromatic carbocycles. The van der Waals surface area contributed by atoms with Gasteiger partial charge in [-0.3, -0.25) is 34.4 Å². The fraction of sp³-hybridized carbons (Fsp3) is 0.444. The summed E-state index contributed by atoms with van der Waals surface area (Å²) in [6, 6.07) is 14.0. The lowest BCUT2D eigenvalue weighted by Gasteiger charge is -2.62. The van der Waals surface area contributed by atoms with E-state index in [9.17, 15) is 19.2 Å². The molecule has 1 atom stereocenters. The normalized spacial score (nSPS) is 22.8. The van der Waals surface area contributed by atoms with Crippen LogP contribution in [0.2, 0.25) is 0 Å². The Labute approximate surface area is 341 Å². The van der Waals surface area contributed by atoms with Crippen molar-refractivity contribution < 1.29 is 28.7 Å². The lowest BCUT2D eigenvalue weighted by molar-refractivity contribution is -0.136. The number of benzene rings is 2. The van der Waals surface area contributed by atoms with E-state index in [1.807, 2.05) is 30.9 Å². The molecule has 5 aromatic rings. The van der Waals surface area contributed by atoms with Crippen LogP contribution in [0, 0.1) is 5.41 Å². The van der Waals surface area contributed by atoms with Gasteiger partial charge in [0, 0.05) is 98.1 Å². The van der Waals surface area contributed by atoms with E-state index in [0.29, 0.717) is 35.9 Å². The number of piperidine rings is 1. The SMILES string of the molecule is CN(C1CC(Oc2ncc(-c3ccc4c5cnccc5n(C)c4c3)cn2)C1)C1CC2(C1)CN(CCCCCOc1ccc3c(c1)C(=O)N(C1CCC(=O)NC1=O)C3=O)C2. The molecule has 2 saturated heterocycles. The Morgan fingerprint density at radius 1 is 0.847 bits per heavy atom. The van der Waals surface area contributed by atoms with Crippen molar-refractivity contribution in [2.75, 3.05) is 33.3 Å². The van der Waals surface area contributed by atoms with Crippen LogP contribution in [-0.2, 0) is 16.6 Å². The number of nitrogens with one attached hydrogen (secondary N) is 1. The number of hydrogen-bond acceptors (Lipinski definition) is 11. The lowest BCUT2D eigenvalue weighted by Crippen LogP contribution is -2.67. The number of carbonyl (C=O) groups excluding carboxylic acids is 4. The van der Waals surface area contributed by atoms with Gasteiger partial charge in [0.2, 0.25) is 11.8 Å². The van der Waals surface area contributed by atoms with Crippen molar-refractivity contribution in [3.63, 3.8) is 0 Å². The summed E-state index contributed by atoms with van der Waals surface area (Å²) in [7, 11) is 4.36. The van der Waals surface area contributed by atoms with Gasteiger partial charge in [0.25, 0.3) is 11.8 Å². The van der Waals surface area contributed by atoms with E-state index in [1.54, 1.807) is 18.2 Å². The quantitative estimate of drug-likeness (QED) is 0.125. The van der Waals surface area contributed by atoms with Crippen LogP contribution in [0.15, 0.2) is 67.3 Å². The molecular weight excluding hydrogens is 749 g/mol. The Bertz CT molecular complexity index is 2480. The number of ether oxygens (including phenoxy) is 2. The van der Waals surface area contributed by atoms with Crippen LogP contribution >= 0.6 is 0 Å². The number of fused-ring (bicyclic) bond motifs is 4. The van der Waals surface area contributed by atoms with Gasteiger partial charge in [-0.15, -0.1) is 0 Å². The van der Waals surface area contributed by atoms with E-state index in [-0.39, 0.29) is 30.1 Å². The molecule has 2 saturated carbocycles. The summed E-state index contributed by atoms with van der Waals surface area (Å²) in [6.07, 6.45) is 15.4. The summed E-state index contributed by atoms with van der Waals surface area (Å²) in [5, 5.41) is 4.56. The Morgan fingerprint density at radius 2 is 1.64 bits per heavy atom. The second-order valence-corrected chi connectivity index (χ2v) is 17.3. The Kier molecular flexibility index (Phi) is 9.43. The van der Waals surface area contributed by atoms with E-state index in [2.05, 4.69) is 66.9 Å². The van der Waals surface area contributed by atoms with Crippen molar-refractivity contribution in [1.29, 1.82) is 0 Å². The number of likely N-dealkylation sites (tertiary alicyclic amines) is 1.